The second kappa shape index (κ2) is 4.45. The van der Waals surface area contributed by atoms with Crippen LogP contribution in [-0.4, -0.2) is 9.77 Å². The number of para-hydroxylation sites is 1. The number of fused-ring (bicyclic) bond motifs is 3. The molecule has 0 amide bonds. The second-order valence-corrected chi connectivity index (χ2v) is 4.52. The molecule has 1 heterocycles. The van der Waals surface area contributed by atoms with Crippen molar-refractivity contribution >= 4 is 21.7 Å². The van der Waals surface area contributed by atoms with E-state index < -0.39 is 11.4 Å². The van der Waals surface area contributed by atoms with Gasteiger partial charge in [0.1, 0.15) is 5.82 Å². The highest BCUT2D eigenvalue weighted by molar-refractivity contribution is 6.04. The van der Waals surface area contributed by atoms with Crippen LogP contribution < -0.4 is 10.9 Å². The summed E-state index contributed by atoms with van der Waals surface area (Å²) in [6, 6.07) is 11.2. The van der Waals surface area contributed by atoms with Crippen molar-refractivity contribution in [1.82, 2.24) is 4.57 Å². The van der Waals surface area contributed by atoms with E-state index >= 15 is 0 Å². The van der Waals surface area contributed by atoms with Crippen molar-refractivity contribution in [2.45, 2.75) is 0 Å². The first kappa shape index (κ1) is 12.3. The first-order valence-electron chi connectivity index (χ1n) is 6.03. The lowest BCUT2D eigenvalue weighted by Crippen LogP contribution is -2.31. The van der Waals surface area contributed by atoms with Crippen LogP contribution in [-0.2, 0) is 7.05 Å². The number of benzene rings is 2. The summed E-state index contributed by atoms with van der Waals surface area (Å²) in [7, 11) is 1.59. The molecule has 0 spiro atoms. The third-order valence-corrected chi connectivity index (χ3v) is 3.40. The summed E-state index contributed by atoms with van der Waals surface area (Å²) in [6.45, 7) is 0. The monoisotopic (exact) mass is 270 g/mol. The van der Waals surface area contributed by atoms with E-state index in [1.807, 2.05) is 6.07 Å². The number of nitrogens with zero attached hydrogens (tertiary/aromatic N) is 2. The van der Waals surface area contributed by atoms with E-state index in [0.29, 0.717) is 16.3 Å². The van der Waals surface area contributed by atoms with Crippen LogP contribution in [0, 0.1) is 5.82 Å². The highest BCUT2D eigenvalue weighted by Crippen LogP contribution is 2.21. The van der Waals surface area contributed by atoms with Crippen molar-refractivity contribution in [2.24, 2.45) is 12.2 Å². The van der Waals surface area contributed by atoms with Crippen molar-refractivity contribution in [3.63, 3.8) is 0 Å². The number of halogens is 1. The van der Waals surface area contributed by atoms with E-state index in [2.05, 4.69) is 5.16 Å². The van der Waals surface area contributed by atoms with Crippen LogP contribution in [0.2, 0.25) is 0 Å². The van der Waals surface area contributed by atoms with Crippen molar-refractivity contribution < 1.29 is 9.60 Å². The first-order chi connectivity index (χ1) is 9.63. The van der Waals surface area contributed by atoms with Crippen molar-refractivity contribution in [3.05, 3.63) is 64.0 Å². The lowest BCUT2D eigenvalue weighted by atomic mass is 10.1. The molecule has 3 aromatic rings. The fourth-order valence-electron chi connectivity index (χ4n) is 2.42. The smallest absolute Gasteiger partial charge is 0.280 e. The molecular formula is C15H11FN2O2. The number of aromatic nitrogens is 1. The Bertz CT molecular complexity index is 961. The highest BCUT2D eigenvalue weighted by Gasteiger charge is 2.08. The normalized spacial score (nSPS) is 12.2. The molecule has 0 aliphatic rings. The predicted molar refractivity (Wildman–Crippen MR) is 74.0 cm³/mol. The molecule has 100 valence electrons. The highest BCUT2D eigenvalue weighted by atomic mass is 19.1. The number of hydrogen-bond donors (Lipinski definition) is 1. The van der Waals surface area contributed by atoms with Crippen molar-refractivity contribution in [2.75, 3.05) is 0 Å². The SMILES string of the molecule is Cn1c(=O)/c(=N\O)c2ccc(F)cc2c2ccccc21. The molecule has 0 unspecified atom stereocenters. The molecular weight excluding hydrogens is 259 g/mol. The van der Waals surface area contributed by atoms with Crippen LogP contribution in [0.25, 0.3) is 21.7 Å². The maximum absolute atomic E-state index is 13.5. The Kier molecular flexibility index (Phi) is 2.75. The third kappa shape index (κ3) is 1.67. The minimum Gasteiger partial charge on any atom is -0.410 e. The van der Waals surface area contributed by atoms with Gasteiger partial charge in [0.25, 0.3) is 5.56 Å². The molecule has 1 aromatic heterocycles. The summed E-state index contributed by atoms with van der Waals surface area (Å²) in [5, 5.41) is 13.8. The fourth-order valence-corrected chi connectivity index (χ4v) is 2.42. The van der Waals surface area contributed by atoms with Gasteiger partial charge >= 0.3 is 0 Å². The molecule has 0 bridgehead atoms. The van der Waals surface area contributed by atoms with Crippen LogP contribution >= 0.6 is 0 Å². The van der Waals surface area contributed by atoms with Crippen LogP contribution in [0.1, 0.15) is 0 Å². The zero-order valence-electron chi connectivity index (χ0n) is 10.7. The zero-order chi connectivity index (χ0) is 14.3. The zero-order valence-corrected chi connectivity index (χ0v) is 10.7. The molecule has 3 rings (SSSR count). The second-order valence-electron chi connectivity index (χ2n) is 4.52. The Hall–Kier alpha value is -2.69. The summed E-state index contributed by atoms with van der Waals surface area (Å²) < 4.78 is 14.9. The molecule has 0 radical (unpaired) electrons. The van der Waals surface area contributed by atoms with Crippen molar-refractivity contribution in [3.8, 4) is 0 Å². The molecule has 20 heavy (non-hydrogen) atoms. The molecule has 1 N–H and O–H groups in total. The Morgan fingerprint density at radius 3 is 2.60 bits per heavy atom. The summed E-state index contributed by atoms with van der Waals surface area (Å²) in [5.74, 6) is -0.409. The maximum Gasteiger partial charge on any atom is 0.280 e. The van der Waals surface area contributed by atoms with Crippen LogP contribution in [0.15, 0.2) is 52.4 Å². The molecule has 2 aromatic carbocycles. The van der Waals surface area contributed by atoms with E-state index in [0.717, 1.165) is 5.39 Å². The minimum atomic E-state index is -0.440. The van der Waals surface area contributed by atoms with Gasteiger partial charge < -0.3 is 9.77 Å². The first-order valence-corrected chi connectivity index (χ1v) is 6.03. The largest absolute Gasteiger partial charge is 0.410 e. The van der Waals surface area contributed by atoms with Gasteiger partial charge in [0.15, 0.2) is 5.36 Å². The average Bonchev–Trinajstić information content (AvgIpc) is 2.55. The standard InChI is InChI=1S/C15H11FN2O2/c1-18-13-5-3-2-4-10(13)12-8-9(16)6-7-11(12)14(17-20)15(18)19/h2-8,20H,1H3/b17-14-. The Morgan fingerprint density at radius 2 is 1.85 bits per heavy atom. The third-order valence-electron chi connectivity index (χ3n) is 3.40. The predicted octanol–water partition coefficient (Wildman–Crippen LogP) is 2.12. The van der Waals surface area contributed by atoms with E-state index in [1.165, 1.54) is 22.8 Å². The van der Waals surface area contributed by atoms with E-state index in [-0.39, 0.29) is 5.36 Å². The number of aryl methyl sites for hydroxylation is 1. The van der Waals surface area contributed by atoms with Crippen LogP contribution in [0.5, 0.6) is 0 Å². The number of hydrogen-bond acceptors (Lipinski definition) is 3. The molecule has 0 saturated heterocycles. The summed E-state index contributed by atoms with van der Waals surface area (Å²) in [6.07, 6.45) is 0. The molecule has 0 aliphatic carbocycles. The van der Waals surface area contributed by atoms with Gasteiger partial charge in [0.2, 0.25) is 0 Å². The quantitative estimate of drug-likeness (QED) is 0.502. The lowest BCUT2D eigenvalue weighted by Gasteiger charge is -2.00. The molecule has 5 heteroatoms. The summed E-state index contributed by atoms with van der Waals surface area (Å²) in [5.41, 5.74) is 0.202. The van der Waals surface area contributed by atoms with Gasteiger partial charge in [-0.15, -0.1) is 0 Å². The Morgan fingerprint density at radius 1 is 1.10 bits per heavy atom. The topological polar surface area (TPSA) is 54.6 Å². The molecule has 0 fully saturated rings. The molecule has 0 saturated carbocycles. The lowest BCUT2D eigenvalue weighted by molar-refractivity contribution is 0.301. The van der Waals surface area contributed by atoms with E-state index in [4.69, 9.17) is 5.21 Å². The summed E-state index contributed by atoms with van der Waals surface area (Å²) >= 11 is 0. The van der Waals surface area contributed by atoms with Gasteiger partial charge in [-0.25, -0.2) is 4.39 Å². The minimum absolute atomic E-state index is 0.0984. The van der Waals surface area contributed by atoms with Gasteiger partial charge in [-0.3, -0.25) is 4.79 Å². The van der Waals surface area contributed by atoms with Crippen molar-refractivity contribution in [1.29, 1.82) is 0 Å². The Balaban J connectivity index is 2.85. The molecule has 0 aliphatic heterocycles. The van der Waals surface area contributed by atoms with Gasteiger partial charge in [0.05, 0.1) is 5.52 Å². The molecule has 0 atom stereocenters. The fraction of sp³-hybridized carbons (Fsp3) is 0.0667. The summed E-state index contributed by atoms with van der Waals surface area (Å²) in [4.78, 5) is 12.3. The number of rotatable bonds is 0. The van der Waals surface area contributed by atoms with Crippen LogP contribution in [0.3, 0.4) is 0 Å². The van der Waals surface area contributed by atoms with E-state index in [9.17, 15) is 9.18 Å². The van der Waals surface area contributed by atoms with Crippen LogP contribution in [0.4, 0.5) is 4.39 Å². The Labute approximate surface area is 113 Å². The molecule has 4 nitrogen and oxygen atoms in total. The van der Waals surface area contributed by atoms with Gasteiger partial charge in [-0.05, 0) is 29.7 Å². The average molecular weight is 270 g/mol. The van der Waals surface area contributed by atoms with Gasteiger partial charge in [-0.1, -0.05) is 23.4 Å². The van der Waals surface area contributed by atoms with Gasteiger partial charge in [-0.2, -0.15) is 0 Å². The maximum atomic E-state index is 13.5. The van der Waals surface area contributed by atoms with Gasteiger partial charge in [0, 0.05) is 17.8 Å². The van der Waals surface area contributed by atoms with E-state index in [1.54, 1.807) is 25.2 Å².